The minimum atomic E-state index is -1.69. The molecule has 1 atom stereocenters. The van der Waals surface area contributed by atoms with Gasteiger partial charge in [-0.15, -0.1) is 0 Å². The number of hydrogen-bond acceptors (Lipinski definition) is 0. The van der Waals surface area contributed by atoms with Gasteiger partial charge in [0.1, 0.15) is 12.3 Å². The zero-order valence-electron chi connectivity index (χ0n) is 6.46. The first kappa shape index (κ1) is 8.86. The molecule has 9 heavy (non-hydrogen) atoms. The standard InChI is InChI=1S/C7H14F2/c1-6(2,3)7(4,9)5-8/h5H2,1-4H3. The molecule has 0 rings (SSSR count). The molecule has 2 heteroatoms. The molecule has 0 aromatic carbocycles. The van der Waals surface area contributed by atoms with Gasteiger partial charge in [0.2, 0.25) is 0 Å². The second-order valence-corrected chi connectivity index (χ2v) is 3.58. The first-order valence-electron chi connectivity index (χ1n) is 3.06. The number of halogens is 2. The summed E-state index contributed by atoms with van der Waals surface area (Å²) in [5.41, 5.74) is -2.28. The molecule has 0 nitrogen and oxygen atoms in total. The normalized spacial score (nSPS) is 19.3. The van der Waals surface area contributed by atoms with E-state index >= 15 is 0 Å². The van der Waals surface area contributed by atoms with E-state index in [2.05, 4.69) is 0 Å². The molecule has 0 amide bonds. The van der Waals surface area contributed by atoms with Gasteiger partial charge in [0.05, 0.1) is 0 Å². The summed E-state index contributed by atoms with van der Waals surface area (Å²) in [7, 11) is 0. The van der Waals surface area contributed by atoms with Gasteiger partial charge in [-0.05, 0) is 12.3 Å². The van der Waals surface area contributed by atoms with Crippen molar-refractivity contribution in [3.8, 4) is 0 Å². The van der Waals surface area contributed by atoms with E-state index in [0.717, 1.165) is 0 Å². The molecule has 0 fully saturated rings. The van der Waals surface area contributed by atoms with Gasteiger partial charge in [-0.3, -0.25) is 0 Å². The molecule has 0 bridgehead atoms. The summed E-state index contributed by atoms with van der Waals surface area (Å²) in [6, 6.07) is 0. The largest absolute Gasteiger partial charge is 0.248 e. The van der Waals surface area contributed by atoms with Gasteiger partial charge in [-0.2, -0.15) is 0 Å². The maximum absolute atomic E-state index is 13.0. The topological polar surface area (TPSA) is 0 Å². The zero-order chi connectivity index (χ0) is 7.71. The molecule has 0 saturated heterocycles. The molecular weight excluding hydrogens is 122 g/mol. The minimum absolute atomic E-state index is 0.595. The molecule has 0 aromatic heterocycles. The Hall–Kier alpha value is -0.140. The Kier molecular flexibility index (Phi) is 2.20. The van der Waals surface area contributed by atoms with Crippen LogP contribution in [0.15, 0.2) is 0 Å². The molecule has 0 heterocycles. The summed E-state index contributed by atoms with van der Waals surface area (Å²) in [6.07, 6.45) is 0. The van der Waals surface area contributed by atoms with E-state index in [9.17, 15) is 8.78 Å². The van der Waals surface area contributed by atoms with Crippen molar-refractivity contribution in [2.45, 2.75) is 33.4 Å². The summed E-state index contributed by atoms with van der Waals surface area (Å²) >= 11 is 0. The van der Waals surface area contributed by atoms with Gasteiger partial charge in [0.25, 0.3) is 0 Å². The van der Waals surface area contributed by atoms with Gasteiger partial charge in [-0.25, -0.2) is 8.78 Å². The smallest absolute Gasteiger partial charge is 0.141 e. The number of rotatable bonds is 1. The Balaban J connectivity index is 4.14. The first-order chi connectivity index (χ1) is 3.81. The Bertz CT molecular complexity index is 89.6. The third-order valence-electron chi connectivity index (χ3n) is 1.81. The average molecular weight is 136 g/mol. The average Bonchev–Trinajstić information content (AvgIpc) is 1.64. The van der Waals surface area contributed by atoms with E-state index in [1.165, 1.54) is 6.92 Å². The fourth-order valence-corrected chi connectivity index (χ4v) is 0.200. The molecule has 56 valence electrons. The molecule has 0 aliphatic heterocycles. The zero-order valence-corrected chi connectivity index (χ0v) is 6.46. The predicted octanol–water partition coefficient (Wildman–Crippen LogP) is 2.73. The minimum Gasteiger partial charge on any atom is -0.248 e. The highest BCUT2D eigenvalue weighted by Gasteiger charge is 2.37. The van der Waals surface area contributed by atoms with E-state index in [-0.39, 0.29) is 0 Å². The lowest BCUT2D eigenvalue weighted by Gasteiger charge is -2.31. The van der Waals surface area contributed by atoms with E-state index in [1.807, 2.05) is 0 Å². The van der Waals surface area contributed by atoms with Gasteiger partial charge >= 0.3 is 0 Å². The highest BCUT2D eigenvalue weighted by atomic mass is 19.2. The van der Waals surface area contributed by atoms with Crippen LogP contribution in [0.2, 0.25) is 0 Å². The van der Waals surface area contributed by atoms with Crippen molar-refractivity contribution < 1.29 is 8.78 Å². The Morgan fingerprint density at radius 1 is 1.11 bits per heavy atom. The van der Waals surface area contributed by atoms with Crippen LogP contribution in [0, 0.1) is 5.41 Å². The fraction of sp³-hybridized carbons (Fsp3) is 1.00. The SMILES string of the molecule is CC(C)(C)C(C)(F)CF. The Labute approximate surface area is 55.3 Å². The predicted molar refractivity (Wildman–Crippen MR) is 34.9 cm³/mol. The molecule has 0 aliphatic carbocycles. The lowest BCUT2D eigenvalue weighted by Crippen LogP contribution is -2.37. The van der Waals surface area contributed by atoms with E-state index in [0.29, 0.717) is 0 Å². The molecule has 0 aliphatic rings. The molecular formula is C7H14F2. The first-order valence-corrected chi connectivity index (χ1v) is 3.06. The molecule has 0 aromatic rings. The third-order valence-corrected chi connectivity index (χ3v) is 1.81. The lowest BCUT2D eigenvalue weighted by atomic mass is 9.80. The number of hydrogen-bond donors (Lipinski definition) is 0. The van der Waals surface area contributed by atoms with Crippen LogP contribution in [0.3, 0.4) is 0 Å². The molecule has 0 N–H and O–H groups in total. The Morgan fingerprint density at radius 2 is 1.44 bits per heavy atom. The lowest BCUT2D eigenvalue weighted by molar-refractivity contribution is 0.0233. The number of alkyl halides is 2. The van der Waals surface area contributed by atoms with E-state index in [4.69, 9.17) is 0 Å². The third kappa shape index (κ3) is 1.92. The summed E-state index contributed by atoms with van der Waals surface area (Å²) in [4.78, 5) is 0. The van der Waals surface area contributed by atoms with E-state index < -0.39 is 17.8 Å². The maximum Gasteiger partial charge on any atom is 0.141 e. The van der Waals surface area contributed by atoms with Crippen LogP contribution in [0.1, 0.15) is 27.7 Å². The van der Waals surface area contributed by atoms with Crippen LogP contribution < -0.4 is 0 Å². The van der Waals surface area contributed by atoms with Gasteiger partial charge < -0.3 is 0 Å². The monoisotopic (exact) mass is 136 g/mol. The Morgan fingerprint density at radius 3 is 1.44 bits per heavy atom. The molecule has 0 radical (unpaired) electrons. The van der Waals surface area contributed by atoms with Crippen LogP contribution in [0.5, 0.6) is 0 Å². The molecule has 1 unspecified atom stereocenters. The van der Waals surface area contributed by atoms with Crippen molar-refractivity contribution in [3.05, 3.63) is 0 Å². The van der Waals surface area contributed by atoms with Crippen molar-refractivity contribution in [1.29, 1.82) is 0 Å². The van der Waals surface area contributed by atoms with Crippen molar-refractivity contribution >= 4 is 0 Å². The summed E-state index contributed by atoms with van der Waals surface area (Å²) in [5, 5.41) is 0. The van der Waals surface area contributed by atoms with Crippen molar-refractivity contribution in [3.63, 3.8) is 0 Å². The van der Waals surface area contributed by atoms with Crippen molar-refractivity contribution in [1.82, 2.24) is 0 Å². The second kappa shape index (κ2) is 2.24. The second-order valence-electron chi connectivity index (χ2n) is 3.58. The van der Waals surface area contributed by atoms with E-state index in [1.54, 1.807) is 20.8 Å². The molecule has 0 spiro atoms. The van der Waals surface area contributed by atoms with Gasteiger partial charge in [0.15, 0.2) is 0 Å². The van der Waals surface area contributed by atoms with Crippen LogP contribution >= 0.6 is 0 Å². The fourth-order valence-electron chi connectivity index (χ4n) is 0.200. The van der Waals surface area contributed by atoms with Crippen LogP contribution in [0.4, 0.5) is 8.78 Å². The van der Waals surface area contributed by atoms with Crippen LogP contribution in [-0.2, 0) is 0 Å². The van der Waals surface area contributed by atoms with Crippen molar-refractivity contribution in [2.75, 3.05) is 6.67 Å². The highest BCUT2D eigenvalue weighted by molar-refractivity contribution is 4.85. The van der Waals surface area contributed by atoms with Crippen LogP contribution in [-0.4, -0.2) is 12.3 Å². The van der Waals surface area contributed by atoms with Gasteiger partial charge in [0, 0.05) is 0 Å². The summed E-state index contributed by atoms with van der Waals surface area (Å²) in [5.74, 6) is 0. The van der Waals surface area contributed by atoms with Crippen molar-refractivity contribution in [2.24, 2.45) is 5.41 Å². The maximum atomic E-state index is 13.0. The highest BCUT2D eigenvalue weighted by Crippen LogP contribution is 2.33. The summed E-state index contributed by atoms with van der Waals surface area (Å²) in [6.45, 7) is 5.44. The molecule has 0 saturated carbocycles. The summed E-state index contributed by atoms with van der Waals surface area (Å²) < 4.78 is 24.8. The van der Waals surface area contributed by atoms with Gasteiger partial charge in [-0.1, -0.05) is 20.8 Å². The van der Waals surface area contributed by atoms with Crippen LogP contribution in [0.25, 0.3) is 0 Å². The quantitative estimate of drug-likeness (QED) is 0.520.